The quantitative estimate of drug-likeness (QED) is 0.489. The summed E-state index contributed by atoms with van der Waals surface area (Å²) < 4.78 is 0. The number of ketones is 1. The summed E-state index contributed by atoms with van der Waals surface area (Å²) in [5.74, 6) is 1.20. The molecule has 0 unspecified atom stereocenters. The summed E-state index contributed by atoms with van der Waals surface area (Å²) in [4.78, 5) is 11.5. The Kier molecular flexibility index (Phi) is 3.57. The molecule has 0 saturated heterocycles. The fraction of sp³-hybridized carbons (Fsp3) is 0.900. The van der Waals surface area contributed by atoms with Crippen molar-refractivity contribution in [3.63, 3.8) is 0 Å². The molecule has 0 aliphatic heterocycles. The third-order valence-electron chi connectivity index (χ3n) is 2.92. The third-order valence-corrected chi connectivity index (χ3v) is 3.19. The van der Waals surface area contributed by atoms with Gasteiger partial charge in [-0.3, -0.25) is 4.79 Å². The molecule has 0 radical (unpaired) electrons. The second-order valence-corrected chi connectivity index (χ2v) is 4.36. The van der Waals surface area contributed by atoms with Crippen molar-refractivity contribution in [3.8, 4) is 0 Å². The van der Waals surface area contributed by atoms with Gasteiger partial charge in [-0.1, -0.05) is 13.3 Å². The fourth-order valence-electron chi connectivity index (χ4n) is 1.95. The molecule has 0 heterocycles. The van der Waals surface area contributed by atoms with Gasteiger partial charge >= 0.3 is 0 Å². The summed E-state index contributed by atoms with van der Waals surface area (Å²) in [6.07, 6.45) is 6.18. The number of carbonyl (C=O) groups excluding carboxylic acids is 1. The first-order valence-electron chi connectivity index (χ1n) is 4.78. The number of carbonyl (C=O) groups is 1. The van der Waals surface area contributed by atoms with Gasteiger partial charge in [-0.2, -0.15) is 0 Å². The maximum Gasteiger partial charge on any atom is 0.138 e. The molecule has 1 fully saturated rings. The molecular formula is C10H17ClO. The van der Waals surface area contributed by atoms with Crippen molar-refractivity contribution in [2.24, 2.45) is 5.41 Å². The van der Waals surface area contributed by atoms with E-state index in [1.807, 2.05) is 0 Å². The maximum atomic E-state index is 11.5. The first-order valence-corrected chi connectivity index (χ1v) is 5.32. The second-order valence-electron chi connectivity index (χ2n) is 3.98. The Morgan fingerprint density at radius 1 is 1.50 bits per heavy atom. The maximum absolute atomic E-state index is 11.5. The van der Waals surface area contributed by atoms with Gasteiger partial charge in [0.25, 0.3) is 0 Å². The molecule has 0 N–H and O–H groups in total. The smallest absolute Gasteiger partial charge is 0.138 e. The number of unbranched alkanes of at least 4 members (excludes halogenated alkanes) is 1. The zero-order valence-corrected chi connectivity index (χ0v) is 8.49. The van der Waals surface area contributed by atoms with Gasteiger partial charge in [0, 0.05) is 17.7 Å². The summed E-state index contributed by atoms with van der Waals surface area (Å²) in [5, 5.41) is 0. The third kappa shape index (κ3) is 2.22. The van der Waals surface area contributed by atoms with Gasteiger partial charge in [-0.25, -0.2) is 0 Å². The van der Waals surface area contributed by atoms with Gasteiger partial charge in [0.1, 0.15) is 5.78 Å². The van der Waals surface area contributed by atoms with Gasteiger partial charge in [0.05, 0.1) is 0 Å². The van der Waals surface area contributed by atoms with E-state index in [0.29, 0.717) is 5.78 Å². The van der Waals surface area contributed by atoms with Crippen molar-refractivity contribution < 1.29 is 4.79 Å². The number of halogens is 1. The minimum absolute atomic E-state index is 0.00601. The highest BCUT2D eigenvalue weighted by Gasteiger charge is 2.36. The van der Waals surface area contributed by atoms with Crippen LogP contribution in [-0.4, -0.2) is 11.7 Å². The van der Waals surface area contributed by atoms with Crippen LogP contribution in [0.1, 0.15) is 45.4 Å². The van der Waals surface area contributed by atoms with Crippen LogP contribution in [0.2, 0.25) is 0 Å². The van der Waals surface area contributed by atoms with Crippen LogP contribution >= 0.6 is 11.6 Å². The Hall–Kier alpha value is -0.0400. The molecule has 0 aromatic rings. The zero-order chi connectivity index (χ0) is 9.03. The van der Waals surface area contributed by atoms with Crippen LogP contribution in [0, 0.1) is 5.41 Å². The number of Topliss-reactive ketones (excluding diaryl/α,β-unsaturated/α-hetero) is 1. The van der Waals surface area contributed by atoms with E-state index in [0.717, 1.165) is 44.4 Å². The summed E-state index contributed by atoms with van der Waals surface area (Å²) in [5.41, 5.74) is 0.00601. The molecule has 2 heteroatoms. The molecule has 0 bridgehead atoms. The van der Waals surface area contributed by atoms with Gasteiger partial charge in [-0.15, -0.1) is 11.6 Å². The summed E-state index contributed by atoms with van der Waals surface area (Å²) in [7, 11) is 0. The minimum atomic E-state index is 0.00601. The number of rotatable bonds is 4. The standard InChI is InChI=1S/C10H17ClO/c1-10(6-2-3-8-11)7-4-5-9(10)12/h2-8H2,1H3/t10-/m1/s1. The zero-order valence-electron chi connectivity index (χ0n) is 7.74. The molecule has 1 atom stereocenters. The summed E-state index contributed by atoms with van der Waals surface area (Å²) >= 11 is 5.58. The van der Waals surface area contributed by atoms with E-state index in [9.17, 15) is 4.79 Å². The molecular weight excluding hydrogens is 172 g/mol. The normalized spacial score (nSPS) is 29.7. The number of alkyl halides is 1. The Bertz CT molecular complexity index is 167. The van der Waals surface area contributed by atoms with E-state index in [2.05, 4.69) is 6.92 Å². The molecule has 1 aliphatic carbocycles. The van der Waals surface area contributed by atoms with Crippen LogP contribution in [0.3, 0.4) is 0 Å². The topological polar surface area (TPSA) is 17.1 Å². The lowest BCUT2D eigenvalue weighted by molar-refractivity contribution is -0.125. The molecule has 1 saturated carbocycles. The summed E-state index contributed by atoms with van der Waals surface area (Å²) in [6.45, 7) is 2.11. The van der Waals surface area contributed by atoms with Crippen LogP contribution < -0.4 is 0 Å². The Balaban J connectivity index is 2.33. The lowest BCUT2D eigenvalue weighted by Gasteiger charge is -2.20. The average molecular weight is 189 g/mol. The Morgan fingerprint density at radius 3 is 2.75 bits per heavy atom. The van der Waals surface area contributed by atoms with Crippen LogP contribution in [0.5, 0.6) is 0 Å². The Morgan fingerprint density at radius 2 is 2.25 bits per heavy atom. The molecule has 0 spiro atoms. The van der Waals surface area contributed by atoms with Crippen molar-refractivity contribution in [3.05, 3.63) is 0 Å². The van der Waals surface area contributed by atoms with E-state index < -0.39 is 0 Å². The highest BCUT2D eigenvalue weighted by molar-refractivity contribution is 6.17. The average Bonchev–Trinajstić information content (AvgIpc) is 2.34. The second kappa shape index (κ2) is 4.27. The molecule has 0 amide bonds. The lowest BCUT2D eigenvalue weighted by Crippen LogP contribution is -2.21. The van der Waals surface area contributed by atoms with Gasteiger partial charge < -0.3 is 0 Å². The Labute approximate surface area is 79.5 Å². The van der Waals surface area contributed by atoms with Crippen LogP contribution in [0.4, 0.5) is 0 Å². The van der Waals surface area contributed by atoms with Gasteiger partial charge in [-0.05, 0) is 25.7 Å². The van der Waals surface area contributed by atoms with Crippen LogP contribution in [0.15, 0.2) is 0 Å². The fourth-order valence-corrected chi connectivity index (χ4v) is 2.14. The lowest BCUT2D eigenvalue weighted by atomic mass is 9.82. The molecule has 12 heavy (non-hydrogen) atoms. The number of hydrogen-bond acceptors (Lipinski definition) is 1. The SMILES string of the molecule is C[C@@]1(CCCCCl)CCCC1=O. The highest BCUT2D eigenvalue weighted by Crippen LogP contribution is 2.38. The summed E-state index contributed by atoms with van der Waals surface area (Å²) in [6, 6.07) is 0. The van der Waals surface area contributed by atoms with E-state index in [4.69, 9.17) is 11.6 Å². The van der Waals surface area contributed by atoms with Crippen molar-refractivity contribution >= 4 is 17.4 Å². The molecule has 1 aliphatic rings. The van der Waals surface area contributed by atoms with Crippen LogP contribution in [0.25, 0.3) is 0 Å². The largest absolute Gasteiger partial charge is 0.299 e. The van der Waals surface area contributed by atoms with Crippen molar-refractivity contribution in [2.75, 3.05) is 5.88 Å². The van der Waals surface area contributed by atoms with Crippen molar-refractivity contribution in [2.45, 2.75) is 45.4 Å². The predicted octanol–water partition coefficient (Wildman–Crippen LogP) is 3.15. The first kappa shape index (κ1) is 10.0. The molecule has 0 aromatic heterocycles. The predicted molar refractivity (Wildman–Crippen MR) is 51.5 cm³/mol. The molecule has 1 rings (SSSR count). The minimum Gasteiger partial charge on any atom is -0.299 e. The molecule has 1 nitrogen and oxygen atoms in total. The number of hydrogen-bond donors (Lipinski definition) is 0. The van der Waals surface area contributed by atoms with E-state index >= 15 is 0 Å². The van der Waals surface area contributed by atoms with E-state index in [1.165, 1.54) is 0 Å². The van der Waals surface area contributed by atoms with Crippen molar-refractivity contribution in [1.82, 2.24) is 0 Å². The molecule has 70 valence electrons. The van der Waals surface area contributed by atoms with Gasteiger partial charge in [0.15, 0.2) is 0 Å². The van der Waals surface area contributed by atoms with Crippen molar-refractivity contribution in [1.29, 1.82) is 0 Å². The monoisotopic (exact) mass is 188 g/mol. The van der Waals surface area contributed by atoms with E-state index in [1.54, 1.807) is 0 Å². The molecule has 0 aromatic carbocycles. The van der Waals surface area contributed by atoms with E-state index in [-0.39, 0.29) is 5.41 Å². The van der Waals surface area contributed by atoms with Gasteiger partial charge in [0.2, 0.25) is 0 Å². The first-order chi connectivity index (χ1) is 5.69. The van der Waals surface area contributed by atoms with Crippen LogP contribution in [-0.2, 0) is 4.79 Å². The highest BCUT2D eigenvalue weighted by atomic mass is 35.5.